The second-order valence-electron chi connectivity index (χ2n) is 7.77. The number of aromatic nitrogens is 1. The summed E-state index contributed by atoms with van der Waals surface area (Å²) in [5, 5.41) is 1.41. The summed E-state index contributed by atoms with van der Waals surface area (Å²) < 4.78 is 13.8. The van der Waals surface area contributed by atoms with Crippen molar-refractivity contribution in [2.75, 3.05) is 39.5 Å². The summed E-state index contributed by atoms with van der Waals surface area (Å²) in [6, 6.07) is 18.9. The number of likely N-dealkylation sites (tertiary alicyclic amines) is 1. The number of fused-ring (bicyclic) bond motifs is 1. The van der Waals surface area contributed by atoms with Crippen LogP contribution in [0.25, 0.3) is 10.9 Å². The minimum Gasteiger partial charge on any atom is -0.492 e. The summed E-state index contributed by atoms with van der Waals surface area (Å²) in [6.07, 6.45) is 4.80. The lowest BCUT2D eigenvalue weighted by Gasteiger charge is -2.31. The molecule has 4 heteroatoms. The molecule has 0 saturated carbocycles. The van der Waals surface area contributed by atoms with Crippen molar-refractivity contribution in [1.82, 2.24) is 9.47 Å². The molecular formula is C25H32N2O2. The van der Waals surface area contributed by atoms with E-state index >= 15 is 0 Å². The average Bonchev–Trinajstić information content (AvgIpc) is 3.14. The molecule has 0 spiro atoms. The molecule has 0 amide bonds. The zero-order valence-electron chi connectivity index (χ0n) is 17.4. The standard InChI is InChI=1S/C25H32N2O2/c1-2-28-18-17-27-20-24(23-10-6-7-11-25(23)27)21-12-14-26(15-13-21)16-19-29-22-8-4-3-5-9-22/h3-11,20-21H,2,12-19H2,1H3. The predicted octanol–water partition coefficient (Wildman–Crippen LogP) is 4.94. The van der Waals surface area contributed by atoms with Gasteiger partial charge in [-0.3, -0.25) is 4.90 Å². The third-order valence-corrected chi connectivity index (χ3v) is 5.95. The van der Waals surface area contributed by atoms with Gasteiger partial charge in [-0.15, -0.1) is 0 Å². The monoisotopic (exact) mass is 392 g/mol. The number of hydrogen-bond acceptors (Lipinski definition) is 3. The van der Waals surface area contributed by atoms with Gasteiger partial charge in [0.25, 0.3) is 0 Å². The van der Waals surface area contributed by atoms with Crippen molar-refractivity contribution in [2.24, 2.45) is 0 Å². The molecule has 2 heterocycles. The number of piperidine rings is 1. The lowest BCUT2D eigenvalue weighted by Crippen LogP contribution is -2.35. The Balaban J connectivity index is 1.34. The Morgan fingerprint density at radius 3 is 2.45 bits per heavy atom. The molecule has 4 rings (SSSR count). The molecule has 0 radical (unpaired) electrons. The van der Waals surface area contributed by atoms with Gasteiger partial charge in [0.05, 0.1) is 6.61 Å². The molecular weight excluding hydrogens is 360 g/mol. The smallest absolute Gasteiger partial charge is 0.119 e. The number of hydrogen-bond donors (Lipinski definition) is 0. The van der Waals surface area contributed by atoms with Crippen molar-refractivity contribution >= 4 is 10.9 Å². The summed E-state index contributed by atoms with van der Waals surface area (Å²) in [7, 11) is 0. The number of para-hydroxylation sites is 2. The zero-order chi connectivity index (χ0) is 19.9. The summed E-state index contributed by atoms with van der Waals surface area (Å²) >= 11 is 0. The molecule has 1 aliphatic heterocycles. The molecule has 1 saturated heterocycles. The molecule has 29 heavy (non-hydrogen) atoms. The first-order valence-corrected chi connectivity index (χ1v) is 10.9. The Hall–Kier alpha value is -2.30. The van der Waals surface area contributed by atoms with Crippen LogP contribution in [0.4, 0.5) is 0 Å². The molecule has 0 aliphatic carbocycles. The van der Waals surface area contributed by atoms with Crippen LogP contribution in [0.3, 0.4) is 0 Å². The molecule has 3 aromatic rings. The van der Waals surface area contributed by atoms with Gasteiger partial charge in [0.2, 0.25) is 0 Å². The van der Waals surface area contributed by atoms with Crippen LogP contribution < -0.4 is 4.74 Å². The van der Waals surface area contributed by atoms with Gasteiger partial charge in [0.1, 0.15) is 12.4 Å². The molecule has 154 valence electrons. The Morgan fingerprint density at radius 2 is 1.66 bits per heavy atom. The summed E-state index contributed by atoms with van der Waals surface area (Å²) in [4.78, 5) is 2.54. The minimum absolute atomic E-state index is 0.638. The SMILES string of the molecule is CCOCCn1cc(C2CCN(CCOc3ccccc3)CC2)c2ccccc21. The highest BCUT2D eigenvalue weighted by molar-refractivity contribution is 5.84. The first-order chi connectivity index (χ1) is 14.3. The molecule has 0 bridgehead atoms. The van der Waals surface area contributed by atoms with Crippen molar-refractivity contribution in [2.45, 2.75) is 32.2 Å². The van der Waals surface area contributed by atoms with Gasteiger partial charge in [-0.2, -0.15) is 0 Å². The van der Waals surface area contributed by atoms with E-state index in [-0.39, 0.29) is 0 Å². The Morgan fingerprint density at radius 1 is 0.897 bits per heavy atom. The summed E-state index contributed by atoms with van der Waals surface area (Å²) in [5.74, 6) is 1.60. The largest absolute Gasteiger partial charge is 0.492 e. The van der Waals surface area contributed by atoms with E-state index in [2.05, 4.69) is 46.9 Å². The Kier molecular flexibility index (Phi) is 6.86. The van der Waals surface area contributed by atoms with Gasteiger partial charge in [-0.25, -0.2) is 0 Å². The van der Waals surface area contributed by atoms with E-state index in [0.29, 0.717) is 5.92 Å². The topological polar surface area (TPSA) is 26.6 Å². The van der Waals surface area contributed by atoms with E-state index in [1.54, 1.807) is 0 Å². The van der Waals surface area contributed by atoms with Crippen LogP contribution in [-0.4, -0.2) is 48.9 Å². The second-order valence-corrected chi connectivity index (χ2v) is 7.77. The van der Waals surface area contributed by atoms with Crippen LogP contribution in [-0.2, 0) is 11.3 Å². The van der Waals surface area contributed by atoms with E-state index in [1.165, 1.54) is 29.3 Å². The van der Waals surface area contributed by atoms with Crippen LogP contribution >= 0.6 is 0 Å². The highest BCUT2D eigenvalue weighted by Crippen LogP contribution is 2.34. The van der Waals surface area contributed by atoms with Crippen LogP contribution in [0.2, 0.25) is 0 Å². The molecule has 1 aliphatic rings. The first-order valence-electron chi connectivity index (χ1n) is 10.9. The number of ether oxygens (including phenoxy) is 2. The fraction of sp³-hybridized carbons (Fsp3) is 0.440. The Bertz CT molecular complexity index is 882. The lowest BCUT2D eigenvalue weighted by atomic mass is 9.89. The maximum Gasteiger partial charge on any atom is 0.119 e. The van der Waals surface area contributed by atoms with Gasteiger partial charge in [0.15, 0.2) is 0 Å². The molecule has 0 atom stereocenters. The van der Waals surface area contributed by atoms with Gasteiger partial charge in [-0.05, 0) is 62.5 Å². The zero-order valence-corrected chi connectivity index (χ0v) is 17.4. The van der Waals surface area contributed by atoms with E-state index < -0.39 is 0 Å². The quantitative estimate of drug-likeness (QED) is 0.483. The molecule has 4 nitrogen and oxygen atoms in total. The molecule has 1 fully saturated rings. The fourth-order valence-corrected chi connectivity index (χ4v) is 4.37. The van der Waals surface area contributed by atoms with Gasteiger partial charge in [0, 0.05) is 36.8 Å². The third kappa shape index (κ3) is 5.01. The van der Waals surface area contributed by atoms with Crippen LogP contribution in [0.5, 0.6) is 5.75 Å². The van der Waals surface area contributed by atoms with Crippen molar-refractivity contribution in [3.63, 3.8) is 0 Å². The van der Waals surface area contributed by atoms with Crippen molar-refractivity contribution < 1.29 is 9.47 Å². The number of nitrogens with zero attached hydrogens (tertiary/aromatic N) is 2. The maximum absolute atomic E-state index is 5.87. The van der Waals surface area contributed by atoms with Gasteiger partial charge in [-0.1, -0.05) is 36.4 Å². The highest BCUT2D eigenvalue weighted by atomic mass is 16.5. The lowest BCUT2D eigenvalue weighted by molar-refractivity contribution is 0.140. The Labute approximate surface area is 174 Å². The van der Waals surface area contributed by atoms with Crippen molar-refractivity contribution in [3.8, 4) is 5.75 Å². The van der Waals surface area contributed by atoms with E-state index in [4.69, 9.17) is 9.47 Å². The molecule has 0 unspecified atom stereocenters. The second kappa shape index (κ2) is 9.95. The summed E-state index contributed by atoms with van der Waals surface area (Å²) in [5.41, 5.74) is 2.85. The molecule has 2 aromatic carbocycles. The van der Waals surface area contributed by atoms with Gasteiger partial charge < -0.3 is 14.0 Å². The average molecular weight is 393 g/mol. The molecule has 1 aromatic heterocycles. The van der Waals surface area contributed by atoms with E-state index in [9.17, 15) is 0 Å². The van der Waals surface area contributed by atoms with E-state index in [1.807, 2.05) is 30.3 Å². The maximum atomic E-state index is 5.87. The van der Waals surface area contributed by atoms with Crippen LogP contribution in [0, 0.1) is 0 Å². The van der Waals surface area contributed by atoms with E-state index in [0.717, 1.165) is 51.7 Å². The number of benzene rings is 2. The van der Waals surface area contributed by atoms with Crippen molar-refractivity contribution in [1.29, 1.82) is 0 Å². The fourth-order valence-electron chi connectivity index (χ4n) is 4.37. The predicted molar refractivity (Wildman–Crippen MR) is 119 cm³/mol. The normalized spacial score (nSPS) is 15.8. The van der Waals surface area contributed by atoms with Crippen molar-refractivity contribution in [3.05, 3.63) is 66.4 Å². The van der Waals surface area contributed by atoms with Gasteiger partial charge >= 0.3 is 0 Å². The first kappa shape index (κ1) is 20.0. The molecule has 0 N–H and O–H groups in total. The third-order valence-electron chi connectivity index (χ3n) is 5.95. The summed E-state index contributed by atoms with van der Waals surface area (Å²) in [6.45, 7) is 8.56. The van der Waals surface area contributed by atoms with Crippen LogP contribution in [0.15, 0.2) is 60.8 Å². The minimum atomic E-state index is 0.638. The number of rotatable bonds is 9. The highest BCUT2D eigenvalue weighted by Gasteiger charge is 2.23. The van der Waals surface area contributed by atoms with Crippen LogP contribution in [0.1, 0.15) is 31.2 Å².